The van der Waals surface area contributed by atoms with E-state index in [2.05, 4.69) is 13.5 Å². The zero-order chi connectivity index (χ0) is 11.5. The fourth-order valence-corrected chi connectivity index (χ4v) is 3.10. The van der Waals surface area contributed by atoms with E-state index in [0.29, 0.717) is 12.5 Å². The summed E-state index contributed by atoms with van der Waals surface area (Å²) >= 11 is 0. The Hall–Kier alpha value is -0.390. The molecule has 4 nitrogen and oxygen atoms in total. The highest BCUT2D eigenvalue weighted by Gasteiger charge is 2.40. The molecule has 2 unspecified atom stereocenters. The molecule has 2 atom stereocenters. The third-order valence-electron chi connectivity index (χ3n) is 2.84. The number of likely N-dealkylation sites (tertiary alicyclic amines) is 1. The normalized spacial score (nSPS) is 31.7. The third kappa shape index (κ3) is 3.29. The van der Waals surface area contributed by atoms with Crippen LogP contribution in [0.4, 0.5) is 0 Å². The molecule has 0 bridgehead atoms. The van der Waals surface area contributed by atoms with Crippen molar-refractivity contribution in [2.45, 2.75) is 20.3 Å². The van der Waals surface area contributed by atoms with Gasteiger partial charge in [0.15, 0.2) is 0 Å². The molecule has 0 N–H and O–H groups in total. The van der Waals surface area contributed by atoms with Crippen LogP contribution in [0.3, 0.4) is 0 Å². The molecular formula is C10H20NO3S+. The van der Waals surface area contributed by atoms with Gasteiger partial charge in [0.1, 0.15) is 19.6 Å². The Labute approximate surface area is 92.2 Å². The maximum Gasteiger partial charge on any atom is 0.317 e. The van der Waals surface area contributed by atoms with Gasteiger partial charge < -0.3 is 0 Å². The summed E-state index contributed by atoms with van der Waals surface area (Å²) < 4.78 is 28.6. The molecule has 1 aliphatic rings. The summed E-state index contributed by atoms with van der Waals surface area (Å²) in [7, 11) is -3.45. The van der Waals surface area contributed by atoms with Gasteiger partial charge in [0.25, 0.3) is 0 Å². The standard InChI is InChI=1S/C10H20NO3S/c1-4-8-15(12,13)14-11(5-2)7-6-10(3)9-11/h4,10H,1,5-9H2,2-3H3/q+1. The molecule has 0 aliphatic carbocycles. The summed E-state index contributed by atoms with van der Waals surface area (Å²) in [6.07, 6.45) is 2.39. The predicted molar refractivity (Wildman–Crippen MR) is 59.4 cm³/mol. The van der Waals surface area contributed by atoms with Gasteiger partial charge in [0.05, 0.1) is 5.75 Å². The van der Waals surface area contributed by atoms with Gasteiger partial charge in [-0.3, -0.25) is 0 Å². The maximum atomic E-state index is 11.5. The SMILES string of the molecule is C=CCS(=O)(=O)O[N+]1(CC)CCC(C)C1. The van der Waals surface area contributed by atoms with Gasteiger partial charge in [-0.05, 0) is 6.92 Å². The first kappa shape index (κ1) is 12.7. The molecule has 1 fully saturated rings. The van der Waals surface area contributed by atoms with Crippen molar-refractivity contribution in [2.75, 3.05) is 25.4 Å². The van der Waals surface area contributed by atoms with Crippen LogP contribution >= 0.6 is 0 Å². The van der Waals surface area contributed by atoms with Crippen molar-refractivity contribution >= 4 is 10.1 Å². The minimum Gasteiger partial charge on any atom is -0.194 e. The average Bonchev–Trinajstić information content (AvgIpc) is 2.47. The van der Waals surface area contributed by atoms with Crippen molar-refractivity contribution in [3.63, 3.8) is 0 Å². The molecule has 0 spiro atoms. The second-order valence-electron chi connectivity index (χ2n) is 4.26. The molecule has 88 valence electrons. The fraction of sp³-hybridized carbons (Fsp3) is 0.800. The second-order valence-corrected chi connectivity index (χ2v) is 5.86. The van der Waals surface area contributed by atoms with Crippen LogP contribution in [0.15, 0.2) is 12.7 Å². The van der Waals surface area contributed by atoms with E-state index in [1.807, 2.05) is 6.92 Å². The van der Waals surface area contributed by atoms with Gasteiger partial charge in [-0.1, -0.05) is 17.3 Å². The van der Waals surface area contributed by atoms with Crippen LogP contribution in [0.1, 0.15) is 20.3 Å². The van der Waals surface area contributed by atoms with Gasteiger partial charge in [-0.25, -0.2) is 0 Å². The van der Waals surface area contributed by atoms with Crippen LogP contribution in [0.2, 0.25) is 0 Å². The first-order valence-electron chi connectivity index (χ1n) is 5.34. The maximum absolute atomic E-state index is 11.5. The molecule has 0 aromatic carbocycles. The highest BCUT2D eigenvalue weighted by molar-refractivity contribution is 7.86. The molecule has 5 heteroatoms. The van der Waals surface area contributed by atoms with Gasteiger partial charge in [-0.15, -0.1) is 6.58 Å². The number of rotatable bonds is 5. The summed E-state index contributed by atoms with van der Waals surface area (Å²) in [5.41, 5.74) is 0. The molecule has 0 radical (unpaired) electrons. The van der Waals surface area contributed by atoms with E-state index in [1.54, 1.807) is 0 Å². The zero-order valence-corrected chi connectivity index (χ0v) is 10.3. The fourth-order valence-electron chi connectivity index (χ4n) is 2.03. The topological polar surface area (TPSA) is 43.4 Å². The Balaban J connectivity index is 2.73. The first-order chi connectivity index (χ1) is 6.93. The third-order valence-corrected chi connectivity index (χ3v) is 4.03. The minimum absolute atomic E-state index is 0.110. The summed E-state index contributed by atoms with van der Waals surface area (Å²) in [6, 6.07) is 0. The highest BCUT2D eigenvalue weighted by atomic mass is 32.2. The average molecular weight is 234 g/mol. The van der Waals surface area contributed by atoms with Gasteiger partial charge >= 0.3 is 10.1 Å². The van der Waals surface area contributed by atoms with E-state index in [1.165, 1.54) is 6.08 Å². The second kappa shape index (κ2) is 4.63. The van der Waals surface area contributed by atoms with Crippen molar-refractivity contribution in [3.05, 3.63) is 12.7 Å². The Kier molecular flexibility index (Phi) is 3.92. The Morgan fingerprint density at radius 3 is 2.67 bits per heavy atom. The lowest BCUT2D eigenvalue weighted by Crippen LogP contribution is -2.47. The highest BCUT2D eigenvalue weighted by Crippen LogP contribution is 2.26. The van der Waals surface area contributed by atoms with Crippen molar-refractivity contribution in [2.24, 2.45) is 5.92 Å². The molecule has 1 aliphatic heterocycles. The smallest absolute Gasteiger partial charge is 0.194 e. The Morgan fingerprint density at radius 2 is 2.27 bits per heavy atom. The first-order valence-corrected chi connectivity index (χ1v) is 6.91. The molecule has 15 heavy (non-hydrogen) atoms. The van der Waals surface area contributed by atoms with Crippen molar-refractivity contribution in [1.29, 1.82) is 0 Å². The summed E-state index contributed by atoms with van der Waals surface area (Å²) in [6.45, 7) is 9.77. The van der Waals surface area contributed by atoms with Crippen LogP contribution in [0, 0.1) is 5.92 Å². The molecule has 1 heterocycles. The number of hydrogen-bond donors (Lipinski definition) is 0. The van der Waals surface area contributed by atoms with Crippen LogP contribution in [-0.4, -0.2) is 38.5 Å². The minimum atomic E-state index is -3.45. The van der Waals surface area contributed by atoms with E-state index in [0.717, 1.165) is 19.5 Å². The number of hydroxylamine groups is 3. The van der Waals surface area contributed by atoms with E-state index in [4.69, 9.17) is 4.28 Å². The molecule has 0 aromatic heterocycles. The lowest BCUT2D eigenvalue weighted by atomic mass is 10.2. The lowest BCUT2D eigenvalue weighted by Gasteiger charge is -2.28. The molecule has 1 saturated heterocycles. The quantitative estimate of drug-likeness (QED) is 0.532. The Morgan fingerprint density at radius 1 is 1.60 bits per heavy atom. The molecular weight excluding hydrogens is 214 g/mol. The van der Waals surface area contributed by atoms with Crippen molar-refractivity contribution < 1.29 is 17.3 Å². The summed E-state index contributed by atoms with van der Waals surface area (Å²) in [5, 5.41) is 0. The molecule has 1 rings (SSSR count). The van der Waals surface area contributed by atoms with Crippen molar-refractivity contribution in [3.8, 4) is 0 Å². The lowest BCUT2D eigenvalue weighted by molar-refractivity contribution is -1.07. The zero-order valence-electron chi connectivity index (χ0n) is 9.48. The van der Waals surface area contributed by atoms with E-state index < -0.39 is 10.1 Å². The van der Waals surface area contributed by atoms with Crippen molar-refractivity contribution in [1.82, 2.24) is 0 Å². The number of hydrogen-bond acceptors (Lipinski definition) is 3. The van der Waals surface area contributed by atoms with Gasteiger partial charge in [0.2, 0.25) is 0 Å². The van der Waals surface area contributed by atoms with Crippen LogP contribution in [0.5, 0.6) is 0 Å². The van der Waals surface area contributed by atoms with Gasteiger partial charge in [0, 0.05) is 12.3 Å². The van der Waals surface area contributed by atoms with Crippen LogP contribution in [-0.2, 0) is 14.4 Å². The number of nitrogens with zero attached hydrogens (tertiary/aromatic N) is 1. The summed E-state index contributed by atoms with van der Waals surface area (Å²) in [4.78, 5) is 0. The van der Waals surface area contributed by atoms with Crippen LogP contribution < -0.4 is 0 Å². The molecule has 0 aromatic rings. The summed E-state index contributed by atoms with van der Waals surface area (Å²) in [5.74, 6) is 0.422. The van der Waals surface area contributed by atoms with E-state index in [-0.39, 0.29) is 10.4 Å². The monoisotopic (exact) mass is 234 g/mol. The predicted octanol–water partition coefficient (Wildman–Crippen LogP) is 1.31. The Bertz CT molecular complexity index is 326. The van der Waals surface area contributed by atoms with E-state index >= 15 is 0 Å². The van der Waals surface area contributed by atoms with E-state index in [9.17, 15) is 8.42 Å². The largest absolute Gasteiger partial charge is 0.317 e. The van der Waals surface area contributed by atoms with Crippen LogP contribution in [0.25, 0.3) is 0 Å². The van der Waals surface area contributed by atoms with Gasteiger partial charge in [-0.2, -0.15) is 13.1 Å². The molecule has 0 amide bonds. The number of quaternary nitrogens is 1. The molecule has 0 saturated carbocycles.